The number of hydrogen-bond donors (Lipinski definition) is 1. The molecule has 0 aliphatic rings. The second-order valence-corrected chi connectivity index (χ2v) is 8.78. The topological polar surface area (TPSA) is 75.7 Å². The fraction of sp³-hybridized carbons (Fsp3) is 0.211. The third kappa shape index (κ3) is 5.35. The Balaban J connectivity index is 2.21. The smallest absolute Gasteiger partial charge is 0.248 e. The van der Waals surface area contributed by atoms with Crippen LogP contribution in [0.4, 0.5) is 5.69 Å². The Morgan fingerprint density at radius 1 is 1.15 bits per heavy atom. The van der Waals surface area contributed by atoms with Gasteiger partial charge in [0.1, 0.15) is 5.75 Å². The number of carbonyl (C=O) groups excluding carboxylic acids is 1. The second kappa shape index (κ2) is 9.07. The predicted octanol–water partition coefficient (Wildman–Crippen LogP) is 3.32. The summed E-state index contributed by atoms with van der Waals surface area (Å²) < 4.78 is 30.9. The van der Waals surface area contributed by atoms with Crippen molar-refractivity contribution in [3.05, 3.63) is 54.1 Å². The van der Waals surface area contributed by atoms with E-state index >= 15 is 0 Å². The molecule has 0 heterocycles. The zero-order valence-corrected chi connectivity index (χ0v) is 17.2. The molecule has 2 aromatic carbocycles. The molecule has 0 fully saturated rings. The van der Waals surface area contributed by atoms with Gasteiger partial charge in [0.15, 0.2) is 0 Å². The molecule has 2 aromatic rings. The Bertz CT molecular complexity index is 937. The molecule has 0 bridgehead atoms. The van der Waals surface area contributed by atoms with Crippen molar-refractivity contribution in [2.75, 3.05) is 32.8 Å². The lowest BCUT2D eigenvalue weighted by Crippen LogP contribution is -2.22. The number of ether oxygens (including phenoxy) is 1. The van der Waals surface area contributed by atoms with Crippen LogP contribution >= 0.6 is 11.8 Å². The van der Waals surface area contributed by atoms with Gasteiger partial charge in [0, 0.05) is 25.1 Å². The Morgan fingerprint density at radius 2 is 1.81 bits per heavy atom. The fourth-order valence-electron chi connectivity index (χ4n) is 2.22. The highest BCUT2D eigenvalue weighted by atomic mass is 32.2. The van der Waals surface area contributed by atoms with Crippen LogP contribution in [0.3, 0.4) is 0 Å². The van der Waals surface area contributed by atoms with Gasteiger partial charge in [-0.1, -0.05) is 12.1 Å². The zero-order valence-electron chi connectivity index (χ0n) is 15.6. The minimum absolute atomic E-state index is 0.0697. The van der Waals surface area contributed by atoms with Crippen molar-refractivity contribution in [1.29, 1.82) is 0 Å². The molecule has 1 amide bonds. The number of nitrogens with one attached hydrogen (secondary N) is 1. The van der Waals surface area contributed by atoms with E-state index in [1.165, 1.54) is 45.5 Å². The molecule has 0 saturated carbocycles. The molecule has 0 saturated heterocycles. The normalized spacial score (nSPS) is 11.7. The standard InChI is InChI=1S/C19H22N2O4S2/c1-21(2)27(23,24)16-10-11-18(25-3)17(13-16)20-19(22)12-7-14-5-8-15(26-4)9-6-14/h5-13H,1-4H3,(H,20,22)/b12-7+. The summed E-state index contributed by atoms with van der Waals surface area (Å²) in [4.78, 5) is 13.5. The van der Waals surface area contributed by atoms with Crippen LogP contribution in [0.25, 0.3) is 6.08 Å². The summed E-state index contributed by atoms with van der Waals surface area (Å²) in [6.07, 6.45) is 5.07. The van der Waals surface area contributed by atoms with Crippen LogP contribution in [0.1, 0.15) is 5.56 Å². The lowest BCUT2D eigenvalue weighted by Gasteiger charge is -2.14. The summed E-state index contributed by atoms with van der Waals surface area (Å²) in [6, 6.07) is 12.1. The summed E-state index contributed by atoms with van der Waals surface area (Å²) in [5.74, 6) is -0.0135. The van der Waals surface area contributed by atoms with Gasteiger partial charge in [-0.2, -0.15) is 0 Å². The van der Waals surface area contributed by atoms with Gasteiger partial charge in [0.2, 0.25) is 15.9 Å². The lowest BCUT2D eigenvalue weighted by molar-refractivity contribution is -0.111. The first-order valence-corrected chi connectivity index (χ1v) is 10.7. The monoisotopic (exact) mass is 406 g/mol. The summed E-state index contributed by atoms with van der Waals surface area (Å²) in [6.45, 7) is 0. The number of thioether (sulfide) groups is 1. The summed E-state index contributed by atoms with van der Waals surface area (Å²) in [7, 11) is 0.732. The maximum atomic E-state index is 12.3. The number of rotatable bonds is 7. The van der Waals surface area contributed by atoms with Crippen molar-refractivity contribution in [1.82, 2.24) is 4.31 Å². The van der Waals surface area contributed by atoms with Gasteiger partial charge >= 0.3 is 0 Å². The van der Waals surface area contributed by atoms with Gasteiger partial charge in [-0.25, -0.2) is 12.7 Å². The van der Waals surface area contributed by atoms with Crippen LogP contribution in [0, 0.1) is 0 Å². The van der Waals surface area contributed by atoms with Crippen LogP contribution < -0.4 is 10.1 Å². The second-order valence-electron chi connectivity index (χ2n) is 5.75. The van der Waals surface area contributed by atoms with Crippen molar-refractivity contribution < 1.29 is 17.9 Å². The molecule has 0 aliphatic carbocycles. The molecular formula is C19H22N2O4S2. The van der Waals surface area contributed by atoms with Crippen molar-refractivity contribution in [3.8, 4) is 5.75 Å². The van der Waals surface area contributed by atoms with E-state index in [1.807, 2.05) is 30.5 Å². The molecule has 0 spiro atoms. The first kappa shape index (κ1) is 21.0. The number of benzene rings is 2. The van der Waals surface area contributed by atoms with Crippen LogP contribution in [0.2, 0.25) is 0 Å². The van der Waals surface area contributed by atoms with Gasteiger partial charge in [-0.3, -0.25) is 4.79 Å². The average Bonchev–Trinajstić information content (AvgIpc) is 2.66. The predicted molar refractivity (Wildman–Crippen MR) is 110 cm³/mol. The Labute approximate surface area is 164 Å². The quantitative estimate of drug-likeness (QED) is 0.564. The third-order valence-electron chi connectivity index (χ3n) is 3.75. The van der Waals surface area contributed by atoms with Gasteiger partial charge in [-0.15, -0.1) is 11.8 Å². The number of hydrogen-bond acceptors (Lipinski definition) is 5. The van der Waals surface area contributed by atoms with E-state index < -0.39 is 10.0 Å². The lowest BCUT2D eigenvalue weighted by atomic mass is 10.2. The van der Waals surface area contributed by atoms with Gasteiger partial charge in [0.05, 0.1) is 17.7 Å². The molecular weight excluding hydrogens is 384 g/mol. The van der Waals surface area contributed by atoms with Crippen LogP contribution in [-0.2, 0) is 14.8 Å². The minimum atomic E-state index is -3.62. The SMILES string of the molecule is COc1ccc(S(=O)(=O)N(C)C)cc1NC(=O)/C=C/c1ccc(SC)cc1. The molecule has 0 aromatic heterocycles. The van der Waals surface area contributed by atoms with Crippen molar-refractivity contribution >= 4 is 39.5 Å². The molecule has 8 heteroatoms. The molecule has 0 aliphatic heterocycles. The third-order valence-corrected chi connectivity index (χ3v) is 6.31. The van der Waals surface area contributed by atoms with E-state index in [2.05, 4.69) is 5.32 Å². The maximum Gasteiger partial charge on any atom is 0.248 e. The van der Waals surface area contributed by atoms with E-state index in [1.54, 1.807) is 17.8 Å². The van der Waals surface area contributed by atoms with E-state index in [9.17, 15) is 13.2 Å². The fourth-order valence-corrected chi connectivity index (χ4v) is 3.55. The molecule has 0 radical (unpaired) electrons. The minimum Gasteiger partial charge on any atom is -0.495 e. The molecule has 6 nitrogen and oxygen atoms in total. The highest BCUT2D eigenvalue weighted by Gasteiger charge is 2.19. The Morgan fingerprint density at radius 3 is 2.37 bits per heavy atom. The van der Waals surface area contributed by atoms with Gasteiger partial charge in [-0.05, 0) is 48.2 Å². The van der Waals surface area contributed by atoms with Crippen LogP contribution in [0.15, 0.2) is 58.3 Å². The number of amides is 1. The van der Waals surface area contributed by atoms with Crippen LogP contribution in [-0.4, -0.2) is 46.1 Å². The largest absolute Gasteiger partial charge is 0.495 e. The number of methoxy groups -OCH3 is 1. The zero-order chi connectivity index (χ0) is 20.0. The van der Waals surface area contributed by atoms with Crippen molar-refractivity contribution in [2.45, 2.75) is 9.79 Å². The summed E-state index contributed by atoms with van der Waals surface area (Å²) in [5, 5.41) is 2.67. The van der Waals surface area contributed by atoms with Gasteiger partial charge < -0.3 is 10.1 Å². The Hall–Kier alpha value is -2.29. The number of nitrogens with zero attached hydrogens (tertiary/aromatic N) is 1. The molecule has 1 N–H and O–H groups in total. The molecule has 0 atom stereocenters. The molecule has 2 rings (SSSR count). The van der Waals surface area contributed by atoms with Crippen molar-refractivity contribution in [3.63, 3.8) is 0 Å². The van der Waals surface area contributed by atoms with Crippen molar-refractivity contribution in [2.24, 2.45) is 0 Å². The number of carbonyl (C=O) groups is 1. The van der Waals surface area contributed by atoms with E-state index in [-0.39, 0.29) is 16.5 Å². The highest BCUT2D eigenvalue weighted by Crippen LogP contribution is 2.28. The Kier molecular flexibility index (Phi) is 7.06. The van der Waals surface area contributed by atoms with E-state index in [0.717, 1.165) is 14.8 Å². The first-order chi connectivity index (χ1) is 12.8. The molecule has 27 heavy (non-hydrogen) atoms. The average molecular weight is 407 g/mol. The maximum absolute atomic E-state index is 12.3. The summed E-state index contributed by atoms with van der Waals surface area (Å²) >= 11 is 1.64. The number of sulfonamides is 1. The highest BCUT2D eigenvalue weighted by molar-refractivity contribution is 7.98. The molecule has 144 valence electrons. The summed E-state index contributed by atoms with van der Waals surface area (Å²) in [5.41, 5.74) is 1.17. The molecule has 0 unspecified atom stereocenters. The first-order valence-electron chi connectivity index (χ1n) is 8.01. The number of anilines is 1. The van der Waals surface area contributed by atoms with Gasteiger partial charge in [0.25, 0.3) is 0 Å². The van der Waals surface area contributed by atoms with E-state index in [4.69, 9.17) is 4.74 Å². The van der Waals surface area contributed by atoms with Crippen LogP contribution in [0.5, 0.6) is 5.75 Å². The van der Waals surface area contributed by atoms with E-state index in [0.29, 0.717) is 5.75 Å².